The topological polar surface area (TPSA) is 80.7 Å². The van der Waals surface area contributed by atoms with Gasteiger partial charge in [-0.25, -0.2) is 0 Å². The van der Waals surface area contributed by atoms with Crippen LogP contribution in [0.5, 0.6) is 0 Å². The molecule has 1 N–H and O–H groups in total. The van der Waals surface area contributed by atoms with Gasteiger partial charge in [0.15, 0.2) is 0 Å². The van der Waals surface area contributed by atoms with E-state index in [2.05, 4.69) is 4.18 Å². The van der Waals surface area contributed by atoms with Crippen molar-refractivity contribution in [1.29, 1.82) is 0 Å². The van der Waals surface area contributed by atoms with Crippen molar-refractivity contribution in [3.05, 3.63) is 35.9 Å². The van der Waals surface area contributed by atoms with E-state index in [0.29, 0.717) is 0 Å². The molecule has 0 radical (unpaired) electrons. The minimum Gasteiger partial charge on any atom is -0.481 e. The summed E-state index contributed by atoms with van der Waals surface area (Å²) < 4.78 is 26.1. The molecule has 1 aromatic carbocycles. The van der Waals surface area contributed by atoms with Crippen molar-refractivity contribution in [2.75, 3.05) is 12.9 Å². The van der Waals surface area contributed by atoms with Gasteiger partial charge in [-0.3, -0.25) is 8.98 Å². The molecule has 1 aromatic rings. The molecule has 0 saturated heterocycles. The van der Waals surface area contributed by atoms with E-state index in [0.717, 1.165) is 11.8 Å². The summed E-state index contributed by atoms with van der Waals surface area (Å²) in [6.45, 7) is -0.344. The fraction of sp³-hybridized carbons (Fsp3) is 0.364. The van der Waals surface area contributed by atoms with Crippen LogP contribution in [0.3, 0.4) is 0 Å². The number of carboxylic acid groups (broad SMARTS) is 1. The van der Waals surface area contributed by atoms with Gasteiger partial charge in [-0.1, -0.05) is 30.3 Å². The first-order valence-electron chi connectivity index (χ1n) is 4.99. The summed E-state index contributed by atoms with van der Waals surface area (Å²) in [5.74, 6) is -1.94. The molecule has 0 fully saturated rings. The fourth-order valence-corrected chi connectivity index (χ4v) is 1.73. The molecule has 0 aliphatic heterocycles. The third-order valence-corrected chi connectivity index (χ3v) is 2.72. The van der Waals surface area contributed by atoms with Crippen LogP contribution in [-0.2, 0) is 25.5 Å². The quantitative estimate of drug-likeness (QED) is 0.767. The lowest BCUT2D eigenvalue weighted by molar-refractivity contribution is -0.142. The summed E-state index contributed by atoms with van der Waals surface area (Å²) >= 11 is 0. The Balaban J connectivity index is 2.65. The lowest BCUT2D eigenvalue weighted by Gasteiger charge is -2.11. The molecule has 0 saturated carbocycles. The highest BCUT2D eigenvalue weighted by atomic mass is 32.2. The summed E-state index contributed by atoms with van der Waals surface area (Å²) in [5, 5.41) is 8.96. The Labute approximate surface area is 100 Å². The maximum absolute atomic E-state index is 10.9. The first kappa shape index (κ1) is 13.7. The Kier molecular flexibility index (Phi) is 4.65. The van der Waals surface area contributed by atoms with E-state index in [-0.39, 0.29) is 13.0 Å². The molecule has 0 aliphatic carbocycles. The highest BCUT2D eigenvalue weighted by Gasteiger charge is 2.20. The number of rotatable bonds is 6. The van der Waals surface area contributed by atoms with Crippen molar-refractivity contribution in [3.8, 4) is 0 Å². The SMILES string of the molecule is CS(=O)(=O)OC[C@H](Cc1ccccc1)C(=O)O. The molecule has 0 bridgehead atoms. The van der Waals surface area contributed by atoms with Crippen molar-refractivity contribution < 1.29 is 22.5 Å². The molecule has 5 nitrogen and oxygen atoms in total. The zero-order chi connectivity index (χ0) is 12.9. The smallest absolute Gasteiger partial charge is 0.309 e. The van der Waals surface area contributed by atoms with Gasteiger partial charge in [0.05, 0.1) is 18.8 Å². The van der Waals surface area contributed by atoms with Crippen LogP contribution in [0.15, 0.2) is 30.3 Å². The van der Waals surface area contributed by atoms with Crippen LogP contribution < -0.4 is 0 Å². The molecule has 0 aromatic heterocycles. The second-order valence-corrected chi connectivity index (χ2v) is 5.36. The van der Waals surface area contributed by atoms with E-state index in [1.807, 2.05) is 6.07 Å². The highest BCUT2D eigenvalue weighted by molar-refractivity contribution is 7.85. The Hall–Kier alpha value is -1.40. The van der Waals surface area contributed by atoms with Gasteiger partial charge in [0.2, 0.25) is 0 Å². The summed E-state index contributed by atoms with van der Waals surface area (Å²) in [4.78, 5) is 10.9. The maximum atomic E-state index is 10.9. The third kappa shape index (κ3) is 5.46. The first-order valence-corrected chi connectivity index (χ1v) is 6.81. The Morgan fingerprint density at radius 3 is 2.41 bits per heavy atom. The van der Waals surface area contributed by atoms with E-state index in [9.17, 15) is 13.2 Å². The van der Waals surface area contributed by atoms with Crippen molar-refractivity contribution in [2.24, 2.45) is 5.92 Å². The van der Waals surface area contributed by atoms with Crippen LogP contribution in [0.4, 0.5) is 0 Å². The van der Waals surface area contributed by atoms with Gasteiger partial charge in [0.25, 0.3) is 10.1 Å². The third-order valence-electron chi connectivity index (χ3n) is 2.16. The lowest BCUT2D eigenvalue weighted by Crippen LogP contribution is -2.23. The summed E-state index contributed by atoms with van der Waals surface area (Å²) in [6, 6.07) is 9.00. The van der Waals surface area contributed by atoms with Crippen LogP contribution in [0.1, 0.15) is 5.56 Å². The molecule has 94 valence electrons. The molecular formula is C11H14O5S. The minimum absolute atomic E-state index is 0.242. The Bertz CT molecular complexity index is 466. The van der Waals surface area contributed by atoms with E-state index >= 15 is 0 Å². The van der Waals surface area contributed by atoms with E-state index < -0.39 is 22.0 Å². The standard InChI is InChI=1S/C11H14O5S/c1-17(14,15)16-8-10(11(12)13)7-9-5-3-2-4-6-9/h2-6,10H,7-8H2,1H3,(H,12,13)/t10-/m0/s1. The summed E-state index contributed by atoms with van der Waals surface area (Å²) in [5.41, 5.74) is 0.831. The average Bonchev–Trinajstić information content (AvgIpc) is 2.24. The molecule has 6 heteroatoms. The number of carbonyl (C=O) groups is 1. The fourth-order valence-electron chi connectivity index (χ4n) is 1.32. The van der Waals surface area contributed by atoms with Gasteiger partial charge in [-0.05, 0) is 12.0 Å². The van der Waals surface area contributed by atoms with Gasteiger partial charge in [-0.2, -0.15) is 8.42 Å². The second-order valence-electron chi connectivity index (χ2n) is 3.71. The summed E-state index contributed by atoms with van der Waals surface area (Å²) in [6.07, 6.45) is 1.14. The number of carboxylic acids is 1. The molecular weight excluding hydrogens is 244 g/mol. The van der Waals surface area contributed by atoms with Crippen molar-refractivity contribution in [2.45, 2.75) is 6.42 Å². The van der Waals surface area contributed by atoms with Gasteiger partial charge in [-0.15, -0.1) is 0 Å². The molecule has 0 amide bonds. The van der Waals surface area contributed by atoms with E-state index in [1.165, 1.54) is 0 Å². The molecule has 1 rings (SSSR count). The van der Waals surface area contributed by atoms with Crippen LogP contribution in [0.25, 0.3) is 0 Å². The zero-order valence-corrected chi connectivity index (χ0v) is 10.2. The molecule has 17 heavy (non-hydrogen) atoms. The molecule has 0 aliphatic rings. The first-order chi connectivity index (χ1) is 7.88. The number of hydrogen-bond donors (Lipinski definition) is 1. The van der Waals surface area contributed by atoms with Crippen molar-refractivity contribution in [3.63, 3.8) is 0 Å². The lowest BCUT2D eigenvalue weighted by atomic mass is 10.0. The zero-order valence-electron chi connectivity index (χ0n) is 9.37. The molecule has 0 heterocycles. The number of benzene rings is 1. The Morgan fingerprint density at radius 2 is 1.94 bits per heavy atom. The molecule has 0 unspecified atom stereocenters. The van der Waals surface area contributed by atoms with Crippen LogP contribution >= 0.6 is 0 Å². The van der Waals surface area contributed by atoms with Crippen LogP contribution in [-0.4, -0.2) is 32.4 Å². The molecule has 1 atom stereocenters. The average molecular weight is 258 g/mol. The van der Waals surface area contributed by atoms with Gasteiger partial charge >= 0.3 is 5.97 Å². The van der Waals surface area contributed by atoms with Crippen molar-refractivity contribution in [1.82, 2.24) is 0 Å². The van der Waals surface area contributed by atoms with Gasteiger partial charge in [0.1, 0.15) is 0 Å². The predicted octanol–water partition coefficient (Wildman–Crippen LogP) is 0.906. The minimum atomic E-state index is -3.61. The normalized spacial score (nSPS) is 13.2. The highest BCUT2D eigenvalue weighted by Crippen LogP contribution is 2.10. The molecule has 0 spiro atoms. The van der Waals surface area contributed by atoms with Gasteiger partial charge < -0.3 is 5.11 Å². The number of hydrogen-bond acceptors (Lipinski definition) is 4. The van der Waals surface area contributed by atoms with E-state index in [1.54, 1.807) is 24.3 Å². The van der Waals surface area contributed by atoms with Crippen molar-refractivity contribution >= 4 is 16.1 Å². The largest absolute Gasteiger partial charge is 0.481 e. The van der Waals surface area contributed by atoms with Crippen LogP contribution in [0.2, 0.25) is 0 Å². The predicted molar refractivity (Wildman–Crippen MR) is 62.1 cm³/mol. The second kappa shape index (κ2) is 5.79. The van der Waals surface area contributed by atoms with Gasteiger partial charge in [0, 0.05) is 0 Å². The Morgan fingerprint density at radius 1 is 1.35 bits per heavy atom. The summed E-state index contributed by atoms with van der Waals surface area (Å²) in [7, 11) is -3.61. The maximum Gasteiger partial charge on any atom is 0.309 e. The van der Waals surface area contributed by atoms with Crippen LogP contribution in [0, 0.1) is 5.92 Å². The van der Waals surface area contributed by atoms with E-state index in [4.69, 9.17) is 5.11 Å². The number of aliphatic carboxylic acids is 1. The monoisotopic (exact) mass is 258 g/mol.